The number of aryl methyl sites for hydroxylation is 1. The van der Waals surface area contributed by atoms with Crippen molar-refractivity contribution in [3.63, 3.8) is 0 Å². The van der Waals surface area contributed by atoms with Crippen LogP contribution in [0.1, 0.15) is 23.7 Å². The Morgan fingerprint density at radius 2 is 2.00 bits per heavy atom. The lowest BCUT2D eigenvalue weighted by atomic mass is 10.1. The van der Waals surface area contributed by atoms with E-state index in [1.807, 2.05) is 18.2 Å². The van der Waals surface area contributed by atoms with Crippen molar-refractivity contribution < 1.29 is 14.3 Å². The molecule has 1 amide bonds. The fraction of sp³-hybridized carbons (Fsp3) is 0.235. The minimum absolute atomic E-state index is 0.0185. The summed E-state index contributed by atoms with van der Waals surface area (Å²) in [5.41, 5.74) is 1.15. The lowest BCUT2D eigenvalue weighted by molar-refractivity contribution is -0.121. The molecule has 0 aliphatic carbocycles. The van der Waals surface area contributed by atoms with Gasteiger partial charge in [0.25, 0.3) is 0 Å². The first-order valence-electron chi connectivity index (χ1n) is 7.00. The molecule has 0 aromatic heterocycles. The quantitative estimate of drug-likeness (QED) is 0.858. The molecule has 2 aromatic rings. The van der Waals surface area contributed by atoms with Gasteiger partial charge in [-0.2, -0.15) is 0 Å². The van der Waals surface area contributed by atoms with Gasteiger partial charge in [-0.15, -0.1) is 0 Å². The summed E-state index contributed by atoms with van der Waals surface area (Å²) in [5.74, 6) is -0.682. The fourth-order valence-corrected chi connectivity index (χ4v) is 2.32. The van der Waals surface area contributed by atoms with Crippen LogP contribution < -0.4 is 5.32 Å². The Bertz CT molecular complexity index is 648. The van der Waals surface area contributed by atoms with Gasteiger partial charge in [0.1, 0.15) is 5.82 Å². The zero-order chi connectivity index (χ0) is 15.9. The predicted octanol–water partition coefficient (Wildman–Crippen LogP) is 3.26. The van der Waals surface area contributed by atoms with Gasteiger partial charge in [0.2, 0.25) is 5.91 Å². The van der Waals surface area contributed by atoms with Gasteiger partial charge in [-0.25, -0.2) is 4.39 Å². The van der Waals surface area contributed by atoms with E-state index in [-0.39, 0.29) is 24.4 Å². The Labute approximate surface area is 133 Å². The molecule has 0 saturated heterocycles. The van der Waals surface area contributed by atoms with Crippen molar-refractivity contribution in [2.75, 3.05) is 6.54 Å². The molecule has 22 heavy (non-hydrogen) atoms. The number of rotatable bonds is 6. The first-order valence-corrected chi connectivity index (χ1v) is 7.37. The fourth-order valence-electron chi connectivity index (χ4n) is 2.10. The van der Waals surface area contributed by atoms with Crippen molar-refractivity contribution in [2.24, 2.45) is 0 Å². The highest BCUT2D eigenvalue weighted by Gasteiger charge is 2.13. The minimum Gasteiger partial charge on any atom is -0.386 e. The molecule has 0 aliphatic heterocycles. The molecule has 116 valence electrons. The number of hydrogen-bond donors (Lipinski definition) is 2. The smallest absolute Gasteiger partial charge is 0.220 e. The lowest BCUT2D eigenvalue weighted by Crippen LogP contribution is -2.28. The van der Waals surface area contributed by atoms with E-state index in [1.165, 1.54) is 12.1 Å². The van der Waals surface area contributed by atoms with Crippen LogP contribution in [0, 0.1) is 5.82 Å². The third kappa shape index (κ3) is 4.83. The minimum atomic E-state index is -1.06. The highest BCUT2D eigenvalue weighted by molar-refractivity contribution is 6.30. The third-order valence-electron chi connectivity index (χ3n) is 3.29. The summed E-state index contributed by atoms with van der Waals surface area (Å²) in [6.45, 7) is -0.0185. The van der Waals surface area contributed by atoms with Crippen molar-refractivity contribution in [3.05, 3.63) is 70.5 Å². The molecule has 5 heteroatoms. The molecule has 1 unspecified atom stereocenters. The molecule has 1 atom stereocenters. The van der Waals surface area contributed by atoms with Crippen molar-refractivity contribution in [2.45, 2.75) is 18.9 Å². The first-order chi connectivity index (χ1) is 10.6. The Kier molecular flexibility index (Phi) is 5.92. The van der Waals surface area contributed by atoms with E-state index in [4.69, 9.17) is 11.6 Å². The lowest BCUT2D eigenvalue weighted by Gasteiger charge is -2.13. The Morgan fingerprint density at radius 3 is 2.73 bits per heavy atom. The van der Waals surface area contributed by atoms with Crippen LogP contribution >= 0.6 is 11.6 Å². The van der Waals surface area contributed by atoms with Crippen LogP contribution in [0.4, 0.5) is 4.39 Å². The number of aliphatic hydroxyl groups excluding tert-OH is 1. The number of benzene rings is 2. The molecule has 2 rings (SSSR count). The van der Waals surface area contributed by atoms with Gasteiger partial charge in [0.15, 0.2) is 0 Å². The molecular formula is C17H17ClFNO2. The van der Waals surface area contributed by atoms with Gasteiger partial charge in [-0.1, -0.05) is 41.9 Å². The molecule has 3 nitrogen and oxygen atoms in total. The largest absolute Gasteiger partial charge is 0.386 e. The Balaban J connectivity index is 1.79. The van der Waals surface area contributed by atoms with E-state index in [0.29, 0.717) is 11.4 Å². The van der Waals surface area contributed by atoms with Gasteiger partial charge in [0, 0.05) is 23.6 Å². The van der Waals surface area contributed by atoms with E-state index in [9.17, 15) is 14.3 Å². The number of carbonyl (C=O) groups excluding carboxylic acids is 1. The third-order valence-corrected chi connectivity index (χ3v) is 3.52. The maximum Gasteiger partial charge on any atom is 0.220 e. The van der Waals surface area contributed by atoms with Crippen molar-refractivity contribution in [1.82, 2.24) is 5.32 Å². The number of aliphatic hydroxyl groups is 1. The summed E-state index contributed by atoms with van der Waals surface area (Å²) < 4.78 is 13.5. The highest BCUT2D eigenvalue weighted by Crippen LogP contribution is 2.16. The number of halogens is 2. The second-order valence-corrected chi connectivity index (χ2v) is 5.41. The standard InChI is InChI=1S/C17H17ClFNO2/c18-13-5-3-4-12(10-13)8-9-17(22)20-11-16(21)14-6-1-2-7-15(14)19/h1-7,10,16,21H,8-9,11H2,(H,20,22). The van der Waals surface area contributed by atoms with Crippen LogP contribution in [0.15, 0.2) is 48.5 Å². The summed E-state index contributed by atoms with van der Waals surface area (Å²) in [7, 11) is 0. The van der Waals surface area contributed by atoms with Crippen LogP contribution in [-0.2, 0) is 11.2 Å². The number of nitrogens with one attached hydrogen (secondary N) is 1. The maximum absolute atomic E-state index is 13.5. The van der Waals surface area contributed by atoms with Gasteiger partial charge in [-0.3, -0.25) is 4.79 Å². The van der Waals surface area contributed by atoms with Crippen LogP contribution in [0.3, 0.4) is 0 Å². The Hall–Kier alpha value is -1.91. The number of hydrogen-bond acceptors (Lipinski definition) is 2. The van der Waals surface area contributed by atoms with Gasteiger partial charge < -0.3 is 10.4 Å². The molecule has 0 bridgehead atoms. The molecular weight excluding hydrogens is 305 g/mol. The second-order valence-electron chi connectivity index (χ2n) is 4.97. The molecule has 0 aliphatic rings. The monoisotopic (exact) mass is 321 g/mol. The zero-order valence-electron chi connectivity index (χ0n) is 11.9. The Morgan fingerprint density at radius 1 is 1.23 bits per heavy atom. The second kappa shape index (κ2) is 7.92. The van der Waals surface area contributed by atoms with Gasteiger partial charge in [-0.05, 0) is 30.2 Å². The topological polar surface area (TPSA) is 49.3 Å². The van der Waals surface area contributed by atoms with Crippen LogP contribution in [0.2, 0.25) is 5.02 Å². The number of carbonyl (C=O) groups is 1. The van der Waals surface area contributed by atoms with Gasteiger partial charge in [0.05, 0.1) is 6.10 Å². The van der Waals surface area contributed by atoms with Crippen LogP contribution in [0.25, 0.3) is 0 Å². The molecule has 0 radical (unpaired) electrons. The van der Waals surface area contributed by atoms with E-state index in [2.05, 4.69) is 5.32 Å². The van der Waals surface area contributed by atoms with E-state index in [0.717, 1.165) is 5.56 Å². The molecule has 0 saturated carbocycles. The van der Waals surface area contributed by atoms with Crippen molar-refractivity contribution in [3.8, 4) is 0 Å². The predicted molar refractivity (Wildman–Crippen MR) is 84.1 cm³/mol. The maximum atomic E-state index is 13.5. The van der Waals surface area contributed by atoms with E-state index < -0.39 is 11.9 Å². The van der Waals surface area contributed by atoms with Crippen molar-refractivity contribution >= 4 is 17.5 Å². The molecule has 0 fully saturated rings. The van der Waals surface area contributed by atoms with E-state index in [1.54, 1.807) is 18.2 Å². The summed E-state index contributed by atoms with van der Waals surface area (Å²) in [6, 6.07) is 13.3. The SMILES string of the molecule is O=C(CCc1cccc(Cl)c1)NCC(O)c1ccccc1F. The first kappa shape index (κ1) is 16.5. The van der Waals surface area contributed by atoms with Crippen molar-refractivity contribution in [1.29, 1.82) is 0 Å². The van der Waals surface area contributed by atoms with E-state index >= 15 is 0 Å². The van der Waals surface area contributed by atoms with Gasteiger partial charge >= 0.3 is 0 Å². The number of amides is 1. The highest BCUT2D eigenvalue weighted by atomic mass is 35.5. The van der Waals surface area contributed by atoms with Crippen LogP contribution in [0.5, 0.6) is 0 Å². The summed E-state index contributed by atoms with van der Waals surface area (Å²) >= 11 is 5.88. The average Bonchev–Trinajstić information content (AvgIpc) is 2.51. The average molecular weight is 322 g/mol. The molecule has 0 heterocycles. The normalized spacial score (nSPS) is 12.0. The van der Waals surface area contributed by atoms with Crippen LogP contribution in [-0.4, -0.2) is 17.6 Å². The molecule has 2 aromatic carbocycles. The summed E-state index contributed by atoms with van der Waals surface area (Å²) in [4.78, 5) is 11.8. The molecule has 0 spiro atoms. The summed E-state index contributed by atoms with van der Waals surface area (Å²) in [5, 5.41) is 13.1. The summed E-state index contributed by atoms with van der Waals surface area (Å²) in [6.07, 6.45) is -0.219. The zero-order valence-corrected chi connectivity index (χ0v) is 12.7. The molecule has 2 N–H and O–H groups in total.